The minimum atomic E-state index is -0.143. The highest BCUT2D eigenvalue weighted by Crippen LogP contribution is 2.52. The van der Waals surface area contributed by atoms with Crippen molar-refractivity contribution in [2.45, 2.75) is 63.5 Å². The number of hydrogen-bond acceptors (Lipinski definition) is 3. The van der Waals surface area contributed by atoms with Gasteiger partial charge in [0.25, 0.3) is 5.91 Å². The molecule has 2 bridgehead atoms. The first kappa shape index (κ1) is 22.4. The first-order valence-electron chi connectivity index (χ1n) is 9.93. The zero-order valence-corrected chi connectivity index (χ0v) is 18.3. The molecule has 1 heterocycles. The summed E-state index contributed by atoms with van der Waals surface area (Å²) in [6, 6.07) is 5.96. The summed E-state index contributed by atoms with van der Waals surface area (Å²) in [6.45, 7) is 5.33. The van der Waals surface area contributed by atoms with Crippen LogP contribution in [0.5, 0.6) is 5.75 Å². The standard InChI is InChI=1S/C21H32N2O2S.ClH/c1-4-16-19-12-14-6-7-15(24)13-17(14)21(16,5-2)9-10-23(19)20(25)18(22)8-11-26-3;/h6-7,13,16,18-19,24H,4-5,8-12,22H2,1-3H3;1H. The second kappa shape index (κ2) is 9.06. The second-order valence-electron chi connectivity index (χ2n) is 7.90. The summed E-state index contributed by atoms with van der Waals surface area (Å²) in [5, 5.41) is 10.1. The van der Waals surface area contributed by atoms with Gasteiger partial charge in [-0.25, -0.2) is 0 Å². The number of piperidine rings is 1. The van der Waals surface area contributed by atoms with Crippen LogP contribution in [-0.2, 0) is 16.6 Å². The molecular formula is C21H33ClN2O2S. The van der Waals surface area contributed by atoms with Gasteiger partial charge in [-0.1, -0.05) is 26.3 Å². The van der Waals surface area contributed by atoms with Crippen LogP contribution in [0.3, 0.4) is 0 Å². The maximum Gasteiger partial charge on any atom is 0.281 e. The van der Waals surface area contributed by atoms with E-state index in [0.717, 1.165) is 44.4 Å². The molecule has 1 aromatic rings. The summed E-state index contributed by atoms with van der Waals surface area (Å²) in [5.41, 5.74) is 6.87. The van der Waals surface area contributed by atoms with E-state index in [1.807, 2.05) is 6.07 Å². The van der Waals surface area contributed by atoms with Crippen molar-refractivity contribution in [1.29, 1.82) is 0 Å². The molecule has 0 saturated carbocycles. The number of quaternary nitrogens is 1. The first-order valence-corrected chi connectivity index (χ1v) is 11.3. The van der Waals surface area contributed by atoms with E-state index in [-0.39, 0.29) is 35.8 Å². The predicted octanol–water partition coefficient (Wildman–Crippen LogP) is -0.409. The van der Waals surface area contributed by atoms with E-state index in [9.17, 15) is 9.90 Å². The van der Waals surface area contributed by atoms with Crippen LogP contribution in [0.4, 0.5) is 0 Å². The van der Waals surface area contributed by atoms with Gasteiger partial charge in [0.2, 0.25) is 0 Å². The molecule has 27 heavy (non-hydrogen) atoms. The number of fused-ring (bicyclic) bond motifs is 4. The fourth-order valence-electron chi connectivity index (χ4n) is 5.46. The summed E-state index contributed by atoms with van der Waals surface area (Å²) in [5.74, 6) is 2.02. The fraction of sp³-hybridized carbons (Fsp3) is 0.667. The van der Waals surface area contributed by atoms with E-state index in [4.69, 9.17) is 0 Å². The molecule has 4 N–H and O–H groups in total. The molecule has 1 fully saturated rings. The number of likely N-dealkylation sites (tertiary alicyclic amines) is 1. The Morgan fingerprint density at radius 2 is 2.19 bits per heavy atom. The Morgan fingerprint density at radius 1 is 1.44 bits per heavy atom. The van der Waals surface area contributed by atoms with Gasteiger partial charge in [0.15, 0.2) is 6.04 Å². The van der Waals surface area contributed by atoms with Crippen molar-refractivity contribution < 1.29 is 28.0 Å². The molecule has 0 spiro atoms. The molecule has 3 rings (SSSR count). The molecule has 1 aliphatic heterocycles. The molecular weight excluding hydrogens is 380 g/mol. The molecule has 1 aliphatic carbocycles. The minimum absolute atomic E-state index is 0. The summed E-state index contributed by atoms with van der Waals surface area (Å²) >= 11 is 1.78. The number of nitrogens with zero attached hydrogens (tertiary/aromatic N) is 1. The molecule has 4 unspecified atom stereocenters. The highest BCUT2D eigenvalue weighted by atomic mass is 35.5. The average Bonchev–Trinajstić information content (AvgIpc) is 2.65. The third-order valence-corrected chi connectivity index (χ3v) is 7.45. The number of phenols is 1. The van der Waals surface area contributed by atoms with Crippen LogP contribution in [0.1, 0.15) is 50.7 Å². The maximum atomic E-state index is 13.1. The second-order valence-corrected chi connectivity index (χ2v) is 8.88. The van der Waals surface area contributed by atoms with Crippen LogP contribution < -0.4 is 18.1 Å². The van der Waals surface area contributed by atoms with Crippen molar-refractivity contribution in [3.63, 3.8) is 0 Å². The monoisotopic (exact) mass is 412 g/mol. The number of carbonyl (C=O) groups is 1. The lowest BCUT2D eigenvalue weighted by atomic mass is 9.55. The van der Waals surface area contributed by atoms with E-state index in [0.29, 0.717) is 11.7 Å². The number of aromatic hydroxyl groups is 1. The third-order valence-electron chi connectivity index (χ3n) is 6.81. The number of benzene rings is 1. The zero-order chi connectivity index (χ0) is 18.9. The summed E-state index contributed by atoms with van der Waals surface area (Å²) in [6.07, 6.45) is 6.93. The van der Waals surface area contributed by atoms with Crippen molar-refractivity contribution >= 4 is 17.7 Å². The van der Waals surface area contributed by atoms with Gasteiger partial charge in [-0.05, 0) is 60.4 Å². The maximum absolute atomic E-state index is 13.1. The van der Waals surface area contributed by atoms with Gasteiger partial charge in [-0.15, -0.1) is 0 Å². The SMILES string of the molecule is CCC1C2Cc3ccc(O)cc3C1(CC)CCN2C(=O)C([NH3+])CCSC.[Cl-]. The van der Waals surface area contributed by atoms with E-state index in [1.54, 1.807) is 17.8 Å². The van der Waals surface area contributed by atoms with Gasteiger partial charge < -0.3 is 28.1 Å². The zero-order valence-electron chi connectivity index (χ0n) is 16.7. The Labute approximate surface area is 173 Å². The van der Waals surface area contributed by atoms with E-state index < -0.39 is 0 Å². The summed E-state index contributed by atoms with van der Waals surface area (Å²) < 4.78 is 0. The normalized spacial score (nSPS) is 27.5. The quantitative estimate of drug-likeness (QED) is 0.667. The lowest BCUT2D eigenvalue weighted by Gasteiger charge is -2.57. The molecule has 2 aliphatic rings. The summed E-state index contributed by atoms with van der Waals surface area (Å²) in [7, 11) is 0. The van der Waals surface area contributed by atoms with Crippen LogP contribution in [0, 0.1) is 5.92 Å². The Kier molecular flexibility index (Phi) is 7.51. The van der Waals surface area contributed by atoms with Crippen LogP contribution >= 0.6 is 11.8 Å². The minimum Gasteiger partial charge on any atom is -1.00 e. The fourth-order valence-corrected chi connectivity index (χ4v) is 5.98. The summed E-state index contributed by atoms with van der Waals surface area (Å²) in [4.78, 5) is 15.3. The molecule has 1 aromatic carbocycles. The molecule has 1 amide bonds. The van der Waals surface area contributed by atoms with Gasteiger partial charge >= 0.3 is 0 Å². The lowest BCUT2D eigenvalue weighted by molar-refractivity contribution is -0.406. The number of carbonyl (C=O) groups excluding carboxylic acids is 1. The van der Waals surface area contributed by atoms with E-state index >= 15 is 0 Å². The smallest absolute Gasteiger partial charge is 0.281 e. The molecule has 0 aromatic heterocycles. The van der Waals surface area contributed by atoms with Crippen LogP contribution in [0.25, 0.3) is 0 Å². The number of hydrogen-bond donors (Lipinski definition) is 2. The van der Waals surface area contributed by atoms with Crippen molar-refractivity contribution in [3.05, 3.63) is 29.3 Å². The molecule has 6 heteroatoms. The van der Waals surface area contributed by atoms with E-state index in [2.05, 4.69) is 36.8 Å². The van der Waals surface area contributed by atoms with Crippen LogP contribution in [0.15, 0.2) is 18.2 Å². The molecule has 0 radical (unpaired) electrons. The van der Waals surface area contributed by atoms with Gasteiger partial charge in [-0.3, -0.25) is 4.79 Å². The first-order chi connectivity index (χ1) is 12.5. The van der Waals surface area contributed by atoms with Gasteiger partial charge in [0, 0.05) is 24.4 Å². The van der Waals surface area contributed by atoms with Crippen LogP contribution in [-0.4, -0.2) is 46.6 Å². The Balaban J connectivity index is 0.00000261. The van der Waals surface area contributed by atoms with Crippen molar-refractivity contribution in [3.8, 4) is 5.75 Å². The molecule has 4 nitrogen and oxygen atoms in total. The third kappa shape index (κ3) is 3.83. The average molecular weight is 413 g/mol. The Hall–Kier alpha value is -0.910. The van der Waals surface area contributed by atoms with Gasteiger partial charge in [-0.2, -0.15) is 11.8 Å². The van der Waals surface area contributed by atoms with E-state index in [1.165, 1.54) is 11.1 Å². The lowest BCUT2D eigenvalue weighted by Crippen LogP contribution is -3.00. The number of phenolic OH excluding ortho intramolecular Hbond substituents is 1. The van der Waals surface area contributed by atoms with Crippen molar-refractivity contribution in [1.82, 2.24) is 4.90 Å². The largest absolute Gasteiger partial charge is 1.00 e. The van der Waals surface area contributed by atoms with Crippen molar-refractivity contribution in [2.75, 3.05) is 18.6 Å². The highest BCUT2D eigenvalue weighted by Gasteiger charge is 2.53. The molecule has 4 atom stereocenters. The van der Waals surface area contributed by atoms with Crippen molar-refractivity contribution in [2.24, 2.45) is 5.92 Å². The number of rotatable bonds is 6. The topological polar surface area (TPSA) is 68.2 Å². The number of amides is 1. The van der Waals surface area contributed by atoms with Gasteiger partial charge in [0.1, 0.15) is 5.75 Å². The highest BCUT2D eigenvalue weighted by molar-refractivity contribution is 7.98. The predicted molar refractivity (Wildman–Crippen MR) is 107 cm³/mol. The van der Waals surface area contributed by atoms with Crippen LogP contribution in [0.2, 0.25) is 0 Å². The Bertz CT molecular complexity index is 672. The molecule has 152 valence electrons. The number of halogens is 1. The molecule has 1 saturated heterocycles. The Morgan fingerprint density at radius 3 is 2.81 bits per heavy atom. The van der Waals surface area contributed by atoms with Gasteiger partial charge in [0.05, 0.1) is 0 Å². The number of thioether (sulfide) groups is 1.